The highest BCUT2D eigenvalue weighted by molar-refractivity contribution is 5.92. The number of hydrogen-bond donors (Lipinski definition) is 1. The molecule has 0 aliphatic carbocycles. The van der Waals surface area contributed by atoms with Crippen LogP contribution >= 0.6 is 0 Å². The average molecular weight is 338 g/mol. The molecule has 0 radical (unpaired) electrons. The topological polar surface area (TPSA) is 59.8 Å². The molecular weight excluding hydrogens is 319 g/mol. The van der Waals surface area contributed by atoms with Crippen LogP contribution in [0.3, 0.4) is 0 Å². The molecule has 0 saturated carbocycles. The Bertz CT molecular complexity index is 873. The number of benzene rings is 2. The Morgan fingerprint density at radius 2 is 2.00 bits per heavy atom. The van der Waals surface area contributed by atoms with Gasteiger partial charge in [-0.15, -0.1) is 10.2 Å². The van der Waals surface area contributed by atoms with Gasteiger partial charge in [0, 0.05) is 24.2 Å². The lowest BCUT2D eigenvalue weighted by Crippen LogP contribution is -2.22. The molecule has 0 aliphatic rings. The maximum atomic E-state index is 13.2. The fourth-order valence-electron chi connectivity index (χ4n) is 2.62. The number of carbonyl (C=O) groups is 1. The molecule has 0 aliphatic heterocycles. The van der Waals surface area contributed by atoms with Crippen molar-refractivity contribution in [2.75, 3.05) is 5.32 Å². The van der Waals surface area contributed by atoms with Crippen LogP contribution in [0.25, 0.3) is 11.4 Å². The summed E-state index contributed by atoms with van der Waals surface area (Å²) in [7, 11) is 1.87. The van der Waals surface area contributed by atoms with Gasteiger partial charge in [-0.05, 0) is 48.4 Å². The molecule has 0 fully saturated rings. The summed E-state index contributed by atoms with van der Waals surface area (Å²) in [6, 6.07) is 13.8. The number of amides is 1. The zero-order valence-corrected chi connectivity index (χ0v) is 14.1. The van der Waals surface area contributed by atoms with E-state index in [0.29, 0.717) is 12.1 Å². The second-order valence-electron chi connectivity index (χ2n) is 6.07. The lowest BCUT2D eigenvalue weighted by atomic mass is 10.00. The number of aryl methyl sites for hydroxylation is 1. The van der Waals surface area contributed by atoms with Crippen molar-refractivity contribution in [3.05, 3.63) is 66.2 Å². The maximum Gasteiger partial charge on any atom is 0.227 e. The van der Waals surface area contributed by atoms with Gasteiger partial charge in [0.2, 0.25) is 5.91 Å². The molecule has 1 amide bonds. The van der Waals surface area contributed by atoms with Gasteiger partial charge in [0.05, 0.1) is 0 Å². The van der Waals surface area contributed by atoms with E-state index < -0.39 is 0 Å². The quantitative estimate of drug-likeness (QED) is 0.775. The van der Waals surface area contributed by atoms with Gasteiger partial charge in [-0.1, -0.05) is 19.1 Å². The number of nitrogens with zero attached hydrogens (tertiary/aromatic N) is 3. The Labute approximate surface area is 145 Å². The van der Waals surface area contributed by atoms with Crippen LogP contribution in [0.5, 0.6) is 0 Å². The summed E-state index contributed by atoms with van der Waals surface area (Å²) in [6.45, 7) is 1.83. The first kappa shape index (κ1) is 16.8. The van der Waals surface area contributed by atoms with Gasteiger partial charge >= 0.3 is 0 Å². The minimum atomic E-state index is -0.288. The number of carbonyl (C=O) groups excluding carboxylic acids is 1. The molecule has 128 valence electrons. The minimum absolute atomic E-state index is 0.101. The van der Waals surface area contributed by atoms with Crippen molar-refractivity contribution in [1.82, 2.24) is 14.8 Å². The van der Waals surface area contributed by atoms with Crippen LogP contribution in [-0.2, 0) is 18.3 Å². The van der Waals surface area contributed by atoms with Gasteiger partial charge in [0.1, 0.15) is 12.1 Å². The monoisotopic (exact) mass is 338 g/mol. The SMILES string of the molecule is CC(Cc1cccc(F)c1)C(=O)Nc1ccc(-c2nncn2C)cc1. The molecule has 1 atom stereocenters. The van der Waals surface area contributed by atoms with Crippen molar-refractivity contribution in [3.63, 3.8) is 0 Å². The van der Waals surface area contributed by atoms with Crippen LogP contribution in [-0.4, -0.2) is 20.7 Å². The summed E-state index contributed by atoms with van der Waals surface area (Å²) in [5.74, 6) is 0.109. The van der Waals surface area contributed by atoms with Crippen molar-refractivity contribution in [3.8, 4) is 11.4 Å². The fraction of sp³-hybridized carbons (Fsp3) is 0.211. The minimum Gasteiger partial charge on any atom is -0.326 e. The summed E-state index contributed by atoms with van der Waals surface area (Å²) in [5, 5.41) is 10.8. The van der Waals surface area contributed by atoms with Gasteiger partial charge in [0.15, 0.2) is 5.82 Å². The molecule has 25 heavy (non-hydrogen) atoms. The van der Waals surface area contributed by atoms with Gasteiger partial charge < -0.3 is 9.88 Å². The molecule has 5 nitrogen and oxygen atoms in total. The normalized spacial score (nSPS) is 12.0. The van der Waals surface area contributed by atoms with Crippen molar-refractivity contribution >= 4 is 11.6 Å². The number of rotatable bonds is 5. The van der Waals surface area contributed by atoms with Crippen LogP contribution in [0.4, 0.5) is 10.1 Å². The van der Waals surface area contributed by atoms with E-state index in [1.807, 2.05) is 48.9 Å². The molecule has 1 heterocycles. The summed E-state index contributed by atoms with van der Waals surface area (Å²) in [6.07, 6.45) is 2.12. The predicted octanol–water partition coefficient (Wildman–Crippen LogP) is 3.44. The lowest BCUT2D eigenvalue weighted by molar-refractivity contribution is -0.119. The molecule has 3 rings (SSSR count). The average Bonchev–Trinajstić information content (AvgIpc) is 3.01. The third-order valence-corrected chi connectivity index (χ3v) is 4.00. The Morgan fingerprint density at radius 3 is 2.64 bits per heavy atom. The van der Waals surface area contributed by atoms with Gasteiger partial charge in [-0.25, -0.2) is 4.39 Å². The van der Waals surface area contributed by atoms with E-state index in [4.69, 9.17) is 0 Å². The molecule has 1 unspecified atom stereocenters. The number of nitrogens with one attached hydrogen (secondary N) is 1. The van der Waals surface area contributed by atoms with E-state index >= 15 is 0 Å². The molecule has 2 aromatic carbocycles. The molecule has 3 aromatic rings. The first-order valence-electron chi connectivity index (χ1n) is 8.02. The van der Waals surface area contributed by atoms with Gasteiger partial charge in [-0.3, -0.25) is 4.79 Å². The number of halogens is 1. The standard InChI is InChI=1S/C19H19FN4O/c1-13(10-14-4-3-5-16(20)11-14)19(25)22-17-8-6-15(7-9-17)18-23-21-12-24(18)2/h3-9,11-13H,10H2,1-2H3,(H,22,25). The van der Waals surface area contributed by atoms with Crippen LogP contribution in [0.1, 0.15) is 12.5 Å². The number of aromatic nitrogens is 3. The Morgan fingerprint density at radius 1 is 1.24 bits per heavy atom. The third kappa shape index (κ3) is 4.09. The van der Waals surface area contributed by atoms with Crippen molar-refractivity contribution < 1.29 is 9.18 Å². The third-order valence-electron chi connectivity index (χ3n) is 4.00. The summed E-state index contributed by atoms with van der Waals surface area (Å²) in [4.78, 5) is 12.3. The molecule has 0 saturated heterocycles. The van der Waals surface area contributed by atoms with Crippen molar-refractivity contribution in [2.24, 2.45) is 13.0 Å². The summed E-state index contributed by atoms with van der Waals surface area (Å²) >= 11 is 0. The van der Waals surface area contributed by atoms with E-state index in [1.165, 1.54) is 12.1 Å². The van der Waals surface area contributed by atoms with E-state index in [1.54, 1.807) is 12.4 Å². The Balaban J connectivity index is 1.63. The predicted molar refractivity (Wildman–Crippen MR) is 94.3 cm³/mol. The van der Waals surface area contributed by atoms with Crippen LogP contribution in [0, 0.1) is 11.7 Å². The van der Waals surface area contributed by atoms with Gasteiger partial charge in [0.25, 0.3) is 0 Å². The van der Waals surface area contributed by atoms with E-state index in [2.05, 4.69) is 15.5 Å². The first-order valence-corrected chi connectivity index (χ1v) is 8.02. The van der Waals surface area contributed by atoms with Crippen LogP contribution in [0.15, 0.2) is 54.9 Å². The highest BCUT2D eigenvalue weighted by atomic mass is 19.1. The fourth-order valence-corrected chi connectivity index (χ4v) is 2.62. The Hall–Kier alpha value is -3.02. The highest BCUT2D eigenvalue weighted by Gasteiger charge is 2.14. The number of hydrogen-bond acceptors (Lipinski definition) is 3. The maximum absolute atomic E-state index is 13.2. The number of anilines is 1. The first-order chi connectivity index (χ1) is 12.0. The molecule has 6 heteroatoms. The summed E-state index contributed by atoms with van der Waals surface area (Å²) in [5.41, 5.74) is 2.44. The van der Waals surface area contributed by atoms with E-state index in [9.17, 15) is 9.18 Å². The zero-order valence-electron chi connectivity index (χ0n) is 14.1. The van der Waals surface area contributed by atoms with Gasteiger partial charge in [-0.2, -0.15) is 0 Å². The van der Waals surface area contributed by atoms with E-state index in [-0.39, 0.29) is 17.6 Å². The smallest absolute Gasteiger partial charge is 0.227 e. The molecule has 0 spiro atoms. The zero-order chi connectivity index (χ0) is 17.8. The largest absolute Gasteiger partial charge is 0.326 e. The molecule has 1 aromatic heterocycles. The van der Waals surface area contributed by atoms with Crippen LogP contribution < -0.4 is 5.32 Å². The molecular formula is C19H19FN4O. The highest BCUT2D eigenvalue weighted by Crippen LogP contribution is 2.19. The van der Waals surface area contributed by atoms with Crippen molar-refractivity contribution in [2.45, 2.75) is 13.3 Å². The van der Waals surface area contributed by atoms with Crippen LogP contribution in [0.2, 0.25) is 0 Å². The second kappa shape index (κ2) is 7.25. The molecule has 0 bridgehead atoms. The van der Waals surface area contributed by atoms with Crippen molar-refractivity contribution in [1.29, 1.82) is 0 Å². The van der Waals surface area contributed by atoms with E-state index in [0.717, 1.165) is 17.0 Å². The molecule has 1 N–H and O–H groups in total. The lowest BCUT2D eigenvalue weighted by Gasteiger charge is -2.13. The summed E-state index contributed by atoms with van der Waals surface area (Å²) < 4.78 is 15.1. The second-order valence-corrected chi connectivity index (χ2v) is 6.07. The Kier molecular flexibility index (Phi) is 4.88.